The van der Waals surface area contributed by atoms with E-state index >= 15 is 0 Å². The second-order valence-corrected chi connectivity index (χ2v) is 10.4. The second kappa shape index (κ2) is 12.1. The van der Waals surface area contributed by atoms with Gasteiger partial charge in [0, 0.05) is 50.6 Å². The molecule has 4 aromatic rings. The van der Waals surface area contributed by atoms with Crippen LogP contribution in [0, 0.1) is 0 Å². The Morgan fingerprint density at radius 1 is 0.925 bits per heavy atom. The van der Waals surface area contributed by atoms with Gasteiger partial charge in [-0.3, -0.25) is 14.7 Å². The molecule has 0 N–H and O–H groups in total. The Labute approximate surface area is 232 Å². The van der Waals surface area contributed by atoms with Gasteiger partial charge in [-0.1, -0.05) is 42.5 Å². The summed E-state index contributed by atoms with van der Waals surface area (Å²) in [4.78, 5) is 21.0. The van der Waals surface area contributed by atoms with E-state index in [1.54, 1.807) is 17.2 Å². The largest absolute Gasteiger partial charge is 0.490 e. The first kappa shape index (κ1) is 27.6. The van der Waals surface area contributed by atoms with Crippen molar-refractivity contribution in [1.82, 2.24) is 14.8 Å². The van der Waals surface area contributed by atoms with Gasteiger partial charge in [-0.25, -0.2) is 0 Å². The van der Waals surface area contributed by atoms with E-state index in [0.29, 0.717) is 31.5 Å². The minimum absolute atomic E-state index is 0.00600. The summed E-state index contributed by atoms with van der Waals surface area (Å²) in [5, 5.41) is 1.14. The summed E-state index contributed by atoms with van der Waals surface area (Å²) in [6.45, 7) is 2.68. The fourth-order valence-electron chi connectivity index (χ4n) is 5.14. The van der Waals surface area contributed by atoms with Gasteiger partial charge in [0.2, 0.25) is 5.91 Å². The number of aromatic nitrogens is 1. The molecule has 0 atom stereocenters. The van der Waals surface area contributed by atoms with Crippen LogP contribution in [0.15, 0.2) is 85.1 Å². The van der Waals surface area contributed by atoms with Crippen LogP contribution in [-0.2, 0) is 30.5 Å². The Morgan fingerprint density at radius 2 is 1.65 bits per heavy atom. The number of carbonyl (C=O) groups is 1. The smallest absolute Gasteiger partial charge is 0.416 e. The van der Waals surface area contributed by atoms with Crippen LogP contribution < -0.4 is 4.74 Å². The zero-order chi connectivity index (χ0) is 28.1. The highest BCUT2D eigenvalue weighted by Gasteiger charge is 2.31. The van der Waals surface area contributed by atoms with Crippen LogP contribution in [0.3, 0.4) is 0 Å². The van der Waals surface area contributed by atoms with E-state index in [0.717, 1.165) is 41.9 Å². The molecule has 0 radical (unpaired) electrons. The van der Waals surface area contributed by atoms with E-state index in [-0.39, 0.29) is 18.4 Å². The molecule has 40 heavy (non-hydrogen) atoms. The molecule has 0 aliphatic carbocycles. The van der Waals surface area contributed by atoms with Gasteiger partial charge in [-0.2, -0.15) is 13.2 Å². The monoisotopic (exact) mass is 547 g/mol. The van der Waals surface area contributed by atoms with E-state index in [2.05, 4.69) is 53.3 Å². The lowest BCUT2D eigenvalue weighted by molar-refractivity contribution is -0.138. The topological polar surface area (TPSA) is 45.7 Å². The van der Waals surface area contributed by atoms with E-state index in [1.807, 2.05) is 18.2 Å². The summed E-state index contributed by atoms with van der Waals surface area (Å²) in [5.74, 6) is 0.633. The number of halogens is 3. The SMILES string of the molecule is CN(Cc1ccc(OC2CCN(C(=O)Cc3cccc(C(F)(F)F)c3)CC2)cc1)Cc1ccc2ncccc2c1. The standard InChI is InChI=1S/C32H32F3N3O2/c1-37(22-25-9-12-30-26(18-25)5-3-15-36-30)21-23-7-10-28(11-8-23)40-29-13-16-38(17-14-29)31(39)20-24-4-2-6-27(19-24)32(33,34)35/h2-12,15,18-19,29H,13-14,16-17,20-22H2,1H3. The summed E-state index contributed by atoms with van der Waals surface area (Å²) < 4.78 is 45.1. The number of amides is 1. The van der Waals surface area contributed by atoms with Gasteiger partial charge >= 0.3 is 6.18 Å². The highest BCUT2D eigenvalue weighted by atomic mass is 19.4. The number of piperidine rings is 1. The molecule has 8 heteroatoms. The van der Waals surface area contributed by atoms with Crippen LogP contribution in [0.5, 0.6) is 5.75 Å². The molecule has 5 rings (SSSR count). The van der Waals surface area contributed by atoms with Crippen molar-refractivity contribution in [3.05, 3.63) is 107 Å². The number of hydrogen-bond acceptors (Lipinski definition) is 4. The molecule has 1 fully saturated rings. The Bertz CT molecular complexity index is 1450. The third-order valence-electron chi connectivity index (χ3n) is 7.20. The quantitative estimate of drug-likeness (QED) is 0.253. The summed E-state index contributed by atoms with van der Waals surface area (Å²) in [5.41, 5.74) is 3.07. The molecule has 1 aromatic heterocycles. The average molecular weight is 548 g/mol. The molecular weight excluding hydrogens is 515 g/mol. The highest BCUT2D eigenvalue weighted by molar-refractivity contribution is 5.79. The van der Waals surface area contributed by atoms with Crippen molar-refractivity contribution in [2.24, 2.45) is 0 Å². The lowest BCUT2D eigenvalue weighted by atomic mass is 10.0. The van der Waals surface area contributed by atoms with Gasteiger partial charge in [0.25, 0.3) is 0 Å². The van der Waals surface area contributed by atoms with Gasteiger partial charge in [0.15, 0.2) is 0 Å². The fourth-order valence-corrected chi connectivity index (χ4v) is 5.14. The van der Waals surface area contributed by atoms with E-state index in [9.17, 15) is 18.0 Å². The number of alkyl halides is 3. The average Bonchev–Trinajstić information content (AvgIpc) is 2.94. The lowest BCUT2D eigenvalue weighted by Gasteiger charge is -2.32. The number of hydrogen-bond donors (Lipinski definition) is 0. The van der Waals surface area contributed by atoms with E-state index in [1.165, 1.54) is 17.2 Å². The summed E-state index contributed by atoms with van der Waals surface area (Å²) >= 11 is 0. The Balaban J connectivity index is 1.07. The number of ether oxygens (including phenoxy) is 1. The van der Waals surface area contributed by atoms with Crippen LogP contribution in [0.25, 0.3) is 10.9 Å². The predicted octanol–water partition coefficient (Wildman–Crippen LogP) is 6.50. The maximum atomic E-state index is 13.0. The van der Waals surface area contributed by atoms with Gasteiger partial charge in [-0.15, -0.1) is 0 Å². The van der Waals surface area contributed by atoms with Crippen LogP contribution in [0.4, 0.5) is 13.2 Å². The van der Waals surface area contributed by atoms with E-state index < -0.39 is 11.7 Å². The first-order valence-electron chi connectivity index (χ1n) is 13.4. The molecule has 0 saturated carbocycles. The van der Waals surface area contributed by atoms with Crippen molar-refractivity contribution in [3.8, 4) is 5.75 Å². The zero-order valence-corrected chi connectivity index (χ0v) is 22.4. The first-order valence-corrected chi connectivity index (χ1v) is 13.4. The summed E-state index contributed by atoms with van der Waals surface area (Å²) in [6, 6.07) is 23.5. The lowest BCUT2D eigenvalue weighted by Crippen LogP contribution is -2.42. The maximum absolute atomic E-state index is 13.0. The van der Waals surface area contributed by atoms with Crippen molar-refractivity contribution >= 4 is 16.8 Å². The van der Waals surface area contributed by atoms with Gasteiger partial charge < -0.3 is 9.64 Å². The number of rotatable bonds is 8. The van der Waals surface area contributed by atoms with Gasteiger partial charge in [0.05, 0.1) is 17.5 Å². The molecule has 1 saturated heterocycles. The number of carbonyl (C=O) groups excluding carboxylic acids is 1. The number of nitrogens with zero attached hydrogens (tertiary/aromatic N) is 3. The maximum Gasteiger partial charge on any atom is 0.416 e. The van der Waals surface area contributed by atoms with Crippen LogP contribution in [0.1, 0.15) is 35.1 Å². The molecule has 5 nitrogen and oxygen atoms in total. The number of benzene rings is 3. The number of pyridine rings is 1. The van der Waals surface area contributed by atoms with Crippen LogP contribution in [0.2, 0.25) is 0 Å². The fraction of sp³-hybridized carbons (Fsp3) is 0.312. The molecule has 0 bridgehead atoms. The van der Waals surface area contributed by atoms with Crippen LogP contribution in [-0.4, -0.2) is 46.9 Å². The minimum Gasteiger partial charge on any atom is -0.490 e. The molecular formula is C32H32F3N3O2. The Morgan fingerprint density at radius 3 is 2.40 bits per heavy atom. The van der Waals surface area contributed by atoms with E-state index in [4.69, 9.17) is 4.74 Å². The predicted molar refractivity (Wildman–Crippen MR) is 149 cm³/mol. The molecule has 3 aromatic carbocycles. The van der Waals surface area contributed by atoms with Crippen LogP contribution >= 0.6 is 0 Å². The highest BCUT2D eigenvalue weighted by Crippen LogP contribution is 2.30. The number of fused-ring (bicyclic) bond motifs is 1. The molecule has 2 heterocycles. The molecule has 0 spiro atoms. The third-order valence-corrected chi connectivity index (χ3v) is 7.20. The van der Waals surface area contributed by atoms with Crippen molar-refractivity contribution in [2.45, 2.75) is 44.6 Å². The molecule has 208 valence electrons. The molecule has 1 aliphatic heterocycles. The summed E-state index contributed by atoms with van der Waals surface area (Å²) in [6.07, 6.45) is -1.30. The Kier molecular flexibility index (Phi) is 8.35. The van der Waals surface area contributed by atoms with Crippen molar-refractivity contribution in [3.63, 3.8) is 0 Å². The van der Waals surface area contributed by atoms with Gasteiger partial charge in [-0.05, 0) is 60.1 Å². The minimum atomic E-state index is -4.42. The second-order valence-electron chi connectivity index (χ2n) is 10.4. The number of likely N-dealkylation sites (tertiary alicyclic amines) is 1. The zero-order valence-electron chi connectivity index (χ0n) is 22.4. The summed E-state index contributed by atoms with van der Waals surface area (Å²) in [7, 11) is 2.10. The van der Waals surface area contributed by atoms with Crippen molar-refractivity contribution in [1.29, 1.82) is 0 Å². The Hall–Kier alpha value is -3.91. The molecule has 1 aliphatic rings. The van der Waals surface area contributed by atoms with Gasteiger partial charge in [0.1, 0.15) is 11.9 Å². The first-order chi connectivity index (χ1) is 19.2. The van der Waals surface area contributed by atoms with Crippen molar-refractivity contribution in [2.75, 3.05) is 20.1 Å². The molecule has 1 amide bonds. The third kappa shape index (κ3) is 7.18. The van der Waals surface area contributed by atoms with Crippen molar-refractivity contribution < 1.29 is 22.7 Å². The normalized spacial score (nSPS) is 14.6. The molecule has 0 unspecified atom stereocenters.